The van der Waals surface area contributed by atoms with Gasteiger partial charge in [0, 0.05) is 20.3 Å². The summed E-state index contributed by atoms with van der Waals surface area (Å²) in [6.07, 6.45) is 2.30. The lowest BCUT2D eigenvalue weighted by Crippen LogP contribution is -2.08. The molecule has 0 spiro atoms. The van der Waals surface area contributed by atoms with E-state index in [1.54, 1.807) is 11.8 Å². The van der Waals surface area contributed by atoms with Crippen molar-refractivity contribution in [3.8, 4) is 0 Å². The summed E-state index contributed by atoms with van der Waals surface area (Å²) >= 11 is 0. The standard InChI is InChI=1S/C10H17N3O4/c1-15-6-7-17-5-3-4-13-8-11-9(12-13)10(14)16-2/h8H,3-7H2,1-2H3. The van der Waals surface area contributed by atoms with Gasteiger partial charge in [0.25, 0.3) is 5.82 Å². The smallest absolute Gasteiger partial charge is 0.377 e. The number of esters is 1. The summed E-state index contributed by atoms with van der Waals surface area (Å²) in [5.74, 6) is -0.451. The molecule has 0 atom stereocenters. The highest BCUT2D eigenvalue weighted by Gasteiger charge is 2.10. The van der Waals surface area contributed by atoms with Crippen LogP contribution in [0.15, 0.2) is 6.33 Å². The predicted molar refractivity (Wildman–Crippen MR) is 58.7 cm³/mol. The van der Waals surface area contributed by atoms with Crippen molar-refractivity contribution in [1.82, 2.24) is 14.8 Å². The largest absolute Gasteiger partial charge is 0.463 e. The minimum absolute atomic E-state index is 0.0767. The summed E-state index contributed by atoms with van der Waals surface area (Å²) in [5, 5.41) is 3.97. The number of aryl methyl sites for hydroxylation is 1. The molecule has 0 aliphatic carbocycles. The highest BCUT2D eigenvalue weighted by atomic mass is 16.5. The third-order valence-electron chi connectivity index (χ3n) is 2.01. The van der Waals surface area contributed by atoms with Crippen molar-refractivity contribution in [2.75, 3.05) is 34.0 Å². The summed E-state index contributed by atoms with van der Waals surface area (Å²) in [6, 6.07) is 0. The van der Waals surface area contributed by atoms with E-state index in [0.29, 0.717) is 26.4 Å². The van der Waals surface area contributed by atoms with Crippen molar-refractivity contribution >= 4 is 5.97 Å². The Balaban J connectivity index is 2.19. The molecule has 0 unspecified atom stereocenters. The maximum Gasteiger partial charge on any atom is 0.377 e. The summed E-state index contributed by atoms with van der Waals surface area (Å²) in [5.41, 5.74) is 0. The first kappa shape index (κ1) is 13.6. The Bertz CT molecular complexity index is 340. The third-order valence-corrected chi connectivity index (χ3v) is 2.01. The number of hydrogen-bond acceptors (Lipinski definition) is 6. The lowest BCUT2D eigenvalue weighted by atomic mass is 10.4. The third kappa shape index (κ3) is 4.92. The molecule has 0 bridgehead atoms. The minimum atomic E-state index is -0.528. The fourth-order valence-electron chi connectivity index (χ4n) is 1.16. The van der Waals surface area contributed by atoms with Gasteiger partial charge in [-0.25, -0.2) is 9.78 Å². The van der Waals surface area contributed by atoms with Crippen LogP contribution < -0.4 is 0 Å². The molecular formula is C10H17N3O4. The van der Waals surface area contributed by atoms with Gasteiger partial charge in [-0.15, -0.1) is 5.10 Å². The number of nitrogens with zero attached hydrogens (tertiary/aromatic N) is 3. The highest BCUT2D eigenvalue weighted by molar-refractivity contribution is 5.84. The van der Waals surface area contributed by atoms with E-state index in [9.17, 15) is 4.79 Å². The Morgan fingerprint density at radius 1 is 1.35 bits per heavy atom. The Morgan fingerprint density at radius 3 is 2.88 bits per heavy atom. The zero-order valence-electron chi connectivity index (χ0n) is 10.1. The molecule has 7 nitrogen and oxygen atoms in total. The molecule has 0 radical (unpaired) electrons. The molecule has 0 aliphatic rings. The lowest BCUT2D eigenvalue weighted by Gasteiger charge is -2.03. The van der Waals surface area contributed by atoms with Crippen molar-refractivity contribution < 1.29 is 19.0 Å². The van der Waals surface area contributed by atoms with E-state index >= 15 is 0 Å². The van der Waals surface area contributed by atoms with Gasteiger partial charge in [-0.05, 0) is 6.42 Å². The van der Waals surface area contributed by atoms with Gasteiger partial charge in [-0.3, -0.25) is 4.68 Å². The number of carbonyl (C=O) groups is 1. The van der Waals surface area contributed by atoms with Crippen LogP contribution >= 0.6 is 0 Å². The Morgan fingerprint density at radius 2 is 2.18 bits per heavy atom. The molecule has 1 heterocycles. The molecule has 0 amide bonds. The maximum atomic E-state index is 11.1. The van der Waals surface area contributed by atoms with Crippen LogP contribution in [0, 0.1) is 0 Å². The van der Waals surface area contributed by atoms with Crippen molar-refractivity contribution in [3.63, 3.8) is 0 Å². The average molecular weight is 243 g/mol. The van der Waals surface area contributed by atoms with E-state index in [-0.39, 0.29) is 5.82 Å². The number of hydrogen-bond donors (Lipinski definition) is 0. The minimum Gasteiger partial charge on any atom is -0.463 e. The van der Waals surface area contributed by atoms with Crippen molar-refractivity contribution in [2.24, 2.45) is 0 Å². The van der Waals surface area contributed by atoms with Gasteiger partial charge < -0.3 is 14.2 Å². The van der Waals surface area contributed by atoms with E-state index in [1.807, 2.05) is 0 Å². The Kier molecular flexibility index (Phi) is 6.19. The van der Waals surface area contributed by atoms with Crippen LogP contribution in [-0.2, 0) is 20.8 Å². The molecule has 0 fully saturated rings. The second-order valence-electron chi connectivity index (χ2n) is 3.28. The molecule has 7 heteroatoms. The number of rotatable bonds is 8. The Labute approximate surface area is 99.7 Å². The number of methoxy groups -OCH3 is 2. The average Bonchev–Trinajstić information content (AvgIpc) is 2.81. The van der Waals surface area contributed by atoms with Crippen LogP contribution in [0.2, 0.25) is 0 Å². The number of aromatic nitrogens is 3. The normalized spacial score (nSPS) is 10.5. The van der Waals surface area contributed by atoms with Crippen LogP contribution in [-0.4, -0.2) is 54.8 Å². The van der Waals surface area contributed by atoms with E-state index in [2.05, 4.69) is 14.8 Å². The summed E-state index contributed by atoms with van der Waals surface area (Å²) in [4.78, 5) is 14.9. The molecule has 0 saturated heterocycles. The zero-order valence-corrected chi connectivity index (χ0v) is 10.1. The van der Waals surface area contributed by atoms with Crippen LogP contribution in [0.1, 0.15) is 17.0 Å². The topological polar surface area (TPSA) is 75.5 Å². The van der Waals surface area contributed by atoms with Crippen LogP contribution in [0.25, 0.3) is 0 Å². The van der Waals surface area contributed by atoms with Gasteiger partial charge in [0.05, 0.1) is 20.3 Å². The van der Waals surface area contributed by atoms with E-state index in [0.717, 1.165) is 6.42 Å². The maximum absolute atomic E-state index is 11.1. The van der Waals surface area contributed by atoms with E-state index in [4.69, 9.17) is 9.47 Å². The van der Waals surface area contributed by atoms with Crippen LogP contribution in [0.3, 0.4) is 0 Å². The molecule has 0 aromatic carbocycles. The fourth-order valence-corrected chi connectivity index (χ4v) is 1.16. The second-order valence-corrected chi connectivity index (χ2v) is 3.28. The first-order valence-corrected chi connectivity index (χ1v) is 5.32. The molecule has 1 aromatic heterocycles. The molecule has 1 rings (SSSR count). The van der Waals surface area contributed by atoms with Gasteiger partial charge in [0.15, 0.2) is 0 Å². The lowest BCUT2D eigenvalue weighted by molar-refractivity contribution is 0.0585. The van der Waals surface area contributed by atoms with Crippen LogP contribution in [0.4, 0.5) is 0 Å². The SMILES string of the molecule is COCCOCCCn1cnc(C(=O)OC)n1. The molecule has 0 saturated carbocycles. The number of carbonyl (C=O) groups excluding carboxylic acids is 1. The fraction of sp³-hybridized carbons (Fsp3) is 0.700. The summed E-state index contributed by atoms with van der Waals surface area (Å²) < 4.78 is 16.2. The quantitative estimate of drug-likeness (QED) is 0.477. The van der Waals surface area contributed by atoms with Crippen molar-refractivity contribution in [3.05, 3.63) is 12.2 Å². The first-order valence-electron chi connectivity index (χ1n) is 5.32. The zero-order chi connectivity index (χ0) is 12.5. The predicted octanol–water partition coefficient (Wildman–Crippen LogP) is 0.118. The molecule has 1 aromatic rings. The second kappa shape index (κ2) is 7.75. The van der Waals surface area contributed by atoms with E-state index < -0.39 is 5.97 Å². The summed E-state index contributed by atoms with van der Waals surface area (Å²) in [6.45, 7) is 2.45. The monoisotopic (exact) mass is 243 g/mol. The Hall–Kier alpha value is -1.47. The molecule has 0 N–H and O–H groups in total. The van der Waals surface area contributed by atoms with Gasteiger partial charge in [-0.1, -0.05) is 0 Å². The van der Waals surface area contributed by atoms with Gasteiger partial charge in [0.2, 0.25) is 0 Å². The highest BCUT2D eigenvalue weighted by Crippen LogP contribution is 1.95. The summed E-state index contributed by atoms with van der Waals surface area (Å²) in [7, 11) is 2.93. The van der Waals surface area contributed by atoms with Crippen LogP contribution in [0.5, 0.6) is 0 Å². The first-order chi connectivity index (χ1) is 8.27. The molecule has 0 aliphatic heterocycles. The van der Waals surface area contributed by atoms with E-state index in [1.165, 1.54) is 13.4 Å². The van der Waals surface area contributed by atoms with Gasteiger partial charge in [0.1, 0.15) is 6.33 Å². The molecule has 17 heavy (non-hydrogen) atoms. The van der Waals surface area contributed by atoms with Crippen molar-refractivity contribution in [2.45, 2.75) is 13.0 Å². The van der Waals surface area contributed by atoms with Gasteiger partial charge >= 0.3 is 5.97 Å². The van der Waals surface area contributed by atoms with Gasteiger partial charge in [-0.2, -0.15) is 0 Å². The van der Waals surface area contributed by atoms with Crippen molar-refractivity contribution in [1.29, 1.82) is 0 Å². The molecular weight excluding hydrogens is 226 g/mol. The number of ether oxygens (including phenoxy) is 3. The molecule has 96 valence electrons.